The maximum Gasteiger partial charge on any atom is 0.256 e. The molecule has 2 heterocycles. The minimum atomic E-state index is -2.75. The van der Waals surface area contributed by atoms with Crippen LogP contribution in [0.5, 0.6) is 0 Å². The van der Waals surface area contributed by atoms with Crippen molar-refractivity contribution in [3.8, 4) is 11.3 Å². The van der Waals surface area contributed by atoms with Gasteiger partial charge in [-0.3, -0.25) is 9.78 Å². The number of pyridine rings is 1. The second-order valence-electron chi connectivity index (χ2n) is 8.09. The van der Waals surface area contributed by atoms with Crippen LogP contribution in [0.3, 0.4) is 0 Å². The maximum atomic E-state index is 14.4. The van der Waals surface area contributed by atoms with Gasteiger partial charge in [0.25, 0.3) is 6.43 Å². The van der Waals surface area contributed by atoms with E-state index in [1.165, 1.54) is 42.6 Å². The molecule has 0 unspecified atom stereocenters. The van der Waals surface area contributed by atoms with Crippen LogP contribution in [0, 0.1) is 11.6 Å². The SMILES string of the molecule is O=CN(CC(F)F)c1ccc(F)c(-c2ccc(NCC3(c4ncccc4F)CC(F)C3)nn2)c1. The van der Waals surface area contributed by atoms with Crippen LogP contribution in [0.1, 0.15) is 18.5 Å². The molecule has 178 valence electrons. The Hall–Kier alpha value is -3.63. The molecule has 34 heavy (non-hydrogen) atoms. The number of nitrogens with zero attached hydrogens (tertiary/aromatic N) is 4. The first-order valence-electron chi connectivity index (χ1n) is 10.4. The van der Waals surface area contributed by atoms with Gasteiger partial charge in [-0.1, -0.05) is 0 Å². The number of carbonyl (C=O) groups excluding carboxylic acids is 1. The number of hydrogen-bond acceptors (Lipinski definition) is 5. The van der Waals surface area contributed by atoms with Gasteiger partial charge in [0.1, 0.15) is 23.6 Å². The summed E-state index contributed by atoms with van der Waals surface area (Å²) in [5, 5.41) is 11.0. The van der Waals surface area contributed by atoms with E-state index in [-0.39, 0.29) is 48.4 Å². The molecule has 1 aromatic carbocycles. The smallest absolute Gasteiger partial charge is 0.256 e. The number of rotatable bonds is 9. The lowest BCUT2D eigenvalue weighted by Crippen LogP contribution is -2.49. The fraction of sp³-hybridized carbons (Fsp3) is 0.304. The second-order valence-corrected chi connectivity index (χ2v) is 8.09. The molecular weight excluding hydrogens is 457 g/mol. The highest BCUT2D eigenvalue weighted by molar-refractivity contribution is 5.78. The lowest BCUT2D eigenvalue weighted by molar-refractivity contribution is -0.107. The van der Waals surface area contributed by atoms with E-state index >= 15 is 0 Å². The second kappa shape index (κ2) is 9.70. The zero-order valence-corrected chi connectivity index (χ0v) is 17.8. The van der Waals surface area contributed by atoms with E-state index in [9.17, 15) is 26.7 Å². The topological polar surface area (TPSA) is 71.0 Å². The van der Waals surface area contributed by atoms with Gasteiger partial charge >= 0.3 is 0 Å². The summed E-state index contributed by atoms with van der Waals surface area (Å²) < 4.78 is 67.8. The molecule has 6 nitrogen and oxygen atoms in total. The molecular formula is C23H20F5N5O. The number of aromatic nitrogens is 3. The fourth-order valence-electron chi connectivity index (χ4n) is 4.06. The van der Waals surface area contributed by atoms with E-state index in [1.807, 2.05) is 0 Å². The van der Waals surface area contributed by atoms with Gasteiger partial charge in [-0.25, -0.2) is 22.0 Å². The van der Waals surface area contributed by atoms with Crippen LogP contribution in [-0.4, -0.2) is 47.3 Å². The Labute approximate surface area is 191 Å². The molecule has 0 atom stereocenters. The van der Waals surface area contributed by atoms with Crippen LogP contribution in [0.25, 0.3) is 11.3 Å². The highest BCUT2D eigenvalue weighted by atomic mass is 19.3. The molecule has 0 bridgehead atoms. The van der Waals surface area contributed by atoms with Crippen LogP contribution in [-0.2, 0) is 10.2 Å². The van der Waals surface area contributed by atoms with Crippen LogP contribution in [0.2, 0.25) is 0 Å². The summed E-state index contributed by atoms with van der Waals surface area (Å²) in [6.45, 7) is -0.664. The van der Waals surface area contributed by atoms with Gasteiger partial charge in [0, 0.05) is 29.4 Å². The van der Waals surface area contributed by atoms with E-state index in [0.29, 0.717) is 5.82 Å². The number of halogens is 5. The van der Waals surface area contributed by atoms with Crippen LogP contribution >= 0.6 is 0 Å². The third kappa shape index (κ3) is 4.82. The van der Waals surface area contributed by atoms with Crippen molar-refractivity contribution in [1.29, 1.82) is 0 Å². The monoisotopic (exact) mass is 477 g/mol. The molecule has 0 aliphatic heterocycles. The molecule has 1 saturated carbocycles. The average Bonchev–Trinajstić information content (AvgIpc) is 2.80. The summed E-state index contributed by atoms with van der Waals surface area (Å²) >= 11 is 0. The lowest BCUT2D eigenvalue weighted by atomic mass is 9.65. The van der Waals surface area contributed by atoms with E-state index < -0.39 is 36.2 Å². The number of amides is 1. The summed E-state index contributed by atoms with van der Waals surface area (Å²) in [5.41, 5.74) is -0.465. The molecule has 0 radical (unpaired) electrons. The predicted molar refractivity (Wildman–Crippen MR) is 115 cm³/mol. The quantitative estimate of drug-likeness (QED) is 0.362. The Morgan fingerprint density at radius 2 is 1.91 bits per heavy atom. The van der Waals surface area contributed by atoms with Gasteiger partial charge in [-0.05, 0) is 55.3 Å². The van der Waals surface area contributed by atoms with Gasteiger partial charge < -0.3 is 10.2 Å². The van der Waals surface area contributed by atoms with E-state index in [2.05, 4.69) is 20.5 Å². The average molecular weight is 477 g/mol. The molecule has 0 saturated heterocycles. The van der Waals surface area contributed by atoms with Gasteiger partial charge in [0.2, 0.25) is 6.41 Å². The van der Waals surface area contributed by atoms with Crippen molar-refractivity contribution in [2.45, 2.75) is 30.9 Å². The van der Waals surface area contributed by atoms with Crippen LogP contribution in [0.4, 0.5) is 33.5 Å². The normalized spacial score (nSPS) is 19.5. The highest BCUT2D eigenvalue weighted by Crippen LogP contribution is 2.45. The minimum Gasteiger partial charge on any atom is -0.368 e. The van der Waals surface area contributed by atoms with Crippen molar-refractivity contribution >= 4 is 17.9 Å². The summed E-state index contributed by atoms with van der Waals surface area (Å²) in [6.07, 6.45) is -1.88. The molecule has 1 aliphatic carbocycles. The number of carbonyl (C=O) groups is 1. The molecule has 2 aromatic heterocycles. The van der Waals surface area contributed by atoms with Crippen molar-refractivity contribution in [2.24, 2.45) is 0 Å². The zero-order valence-electron chi connectivity index (χ0n) is 17.8. The first-order valence-corrected chi connectivity index (χ1v) is 10.4. The Balaban J connectivity index is 1.51. The zero-order chi connectivity index (χ0) is 24.3. The number of anilines is 2. The predicted octanol–water partition coefficient (Wildman–Crippen LogP) is 4.53. The molecule has 1 amide bonds. The molecule has 1 aliphatic rings. The first kappa shape index (κ1) is 23.5. The Morgan fingerprint density at radius 3 is 2.53 bits per heavy atom. The number of alkyl halides is 3. The van der Waals surface area contributed by atoms with Gasteiger partial charge in [-0.15, -0.1) is 10.2 Å². The number of benzene rings is 1. The summed E-state index contributed by atoms with van der Waals surface area (Å²) in [5.74, 6) is -0.885. The first-order chi connectivity index (χ1) is 16.3. The molecule has 1 fully saturated rings. The fourth-order valence-corrected chi connectivity index (χ4v) is 4.06. The number of hydrogen-bond donors (Lipinski definition) is 1. The largest absolute Gasteiger partial charge is 0.368 e. The lowest BCUT2D eigenvalue weighted by Gasteiger charge is -2.44. The third-order valence-corrected chi connectivity index (χ3v) is 5.78. The molecule has 1 N–H and O–H groups in total. The summed E-state index contributed by atoms with van der Waals surface area (Å²) in [7, 11) is 0. The third-order valence-electron chi connectivity index (χ3n) is 5.78. The molecule has 4 rings (SSSR count). The van der Waals surface area contributed by atoms with Gasteiger partial charge in [-0.2, -0.15) is 0 Å². The van der Waals surface area contributed by atoms with E-state index in [0.717, 1.165) is 11.0 Å². The molecule has 0 spiro atoms. The van der Waals surface area contributed by atoms with Crippen LogP contribution < -0.4 is 10.2 Å². The maximum absolute atomic E-state index is 14.4. The highest BCUT2D eigenvalue weighted by Gasteiger charge is 2.48. The van der Waals surface area contributed by atoms with Crippen LogP contribution in [0.15, 0.2) is 48.7 Å². The van der Waals surface area contributed by atoms with Crippen molar-refractivity contribution in [1.82, 2.24) is 15.2 Å². The van der Waals surface area contributed by atoms with Gasteiger partial charge in [0.05, 0.1) is 17.9 Å². The van der Waals surface area contributed by atoms with Crippen molar-refractivity contribution in [3.05, 3.63) is 66.0 Å². The molecule has 3 aromatic rings. The standard InChI is InChI=1S/C23H20F5N5O/c24-14-9-23(10-14,22-18(26)2-1-7-29-22)12-30-21-6-5-19(31-32-21)16-8-15(3-4-17(16)25)33(13-34)11-20(27)28/h1-8,13-14,20H,9-12H2,(H,30,32). The van der Waals surface area contributed by atoms with Crippen molar-refractivity contribution < 1.29 is 26.7 Å². The summed E-state index contributed by atoms with van der Waals surface area (Å²) in [4.78, 5) is 16.0. The van der Waals surface area contributed by atoms with E-state index in [1.54, 1.807) is 0 Å². The Bertz CT molecular complexity index is 1150. The van der Waals surface area contributed by atoms with Gasteiger partial charge in [0.15, 0.2) is 0 Å². The minimum absolute atomic E-state index is 0.0241. The molecule has 11 heteroatoms. The van der Waals surface area contributed by atoms with E-state index in [4.69, 9.17) is 0 Å². The van der Waals surface area contributed by atoms with Crippen molar-refractivity contribution in [3.63, 3.8) is 0 Å². The Kier molecular flexibility index (Phi) is 6.71. The number of nitrogens with one attached hydrogen (secondary N) is 1. The van der Waals surface area contributed by atoms with Crippen molar-refractivity contribution in [2.75, 3.05) is 23.3 Å². The summed E-state index contributed by atoms with van der Waals surface area (Å²) in [6, 6.07) is 9.22. The Morgan fingerprint density at radius 1 is 1.12 bits per heavy atom.